The van der Waals surface area contributed by atoms with Gasteiger partial charge in [0.25, 0.3) is 0 Å². The molecule has 1 aromatic rings. The van der Waals surface area contributed by atoms with Crippen molar-refractivity contribution in [2.45, 2.75) is 44.7 Å². The molecular weight excluding hydrogens is 222 g/mol. The van der Waals surface area contributed by atoms with Crippen LogP contribution in [-0.4, -0.2) is 15.7 Å². The van der Waals surface area contributed by atoms with Crippen LogP contribution in [0.15, 0.2) is 0 Å². The molecule has 1 aliphatic heterocycles. The molecular formula is C11H17N3OS. The highest BCUT2D eigenvalue weighted by molar-refractivity contribution is 7.98. The molecule has 2 heterocycles. The lowest BCUT2D eigenvalue weighted by molar-refractivity contribution is -0.114. The zero-order valence-corrected chi connectivity index (χ0v) is 10.9. The average Bonchev–Trinajstić information content (AvgIpc) is 2.64. The summed E-state index contributed by atoms with van der Waals surface area (Å²) >= 11 is 1.84. The first kappa shape index (κ1) is 11.5. The number of nitrogens with zero attached hydrogens (tertiary/aromatic N) is 2. The summed E-state index contributed by atoms with van der Waals surface area (Å²) in [5.74, 6) is 2.73. The topological polar surface area (TPSA) is 46.9 Å². The van der Waals surface area contributed by atoms with Crippen LogP contribution in [0.5, 0.6) is 0 Å². The maximum absolute atomic E-state index is 11.2. The molecule has 1 aliphatic rings. The van der Waals surface area contributed by atoms with Crippen LogP contribution in [0.2, 0.25) is 0 Å². The number of fused-ring (bicyclic) bond motifs is 1. The molecule has 16 heavy (non-hydrogen) atoms. The van der Waals surface area contributed by atoms with Crippen molar-refractivity contribution in [1.82, 2.24) is 9.78 Å². The highest BCUT2D eigenvalue weighted by atomic mass is 32.2. The van der Waals surface area contributed by atoms with Gasteiger partial charge in [-0.15, -0.1) is 0 Å². The van der Waals surface area contributed by atoms with Crippen molar-refractivity contribution in [3.8, 4) is 0 Å². The Morgan fingerprint density at radius 3 is 2.69 bits per heavy atom. The predicted molar refractivity (Wildman–Crippen MR) is 66.5 cm³/mol. The fourth-order valence-corrected chi connectivity index (χ4v) is 2.83. The van der Waals surface area contributed by atoms with Gasteiger partial charge in [0.05, 0.1) is 11.2 Å². The summed E-state index contributed by atoms with van der Waals surface area (Å²) in [7, 11) is 0. The van der Waals surface area contributed by atoms with Gasteiger partial charge in [-0.2, -0.15) is 16.9 Å². The molecule has 0 atom stereocenters. The third kappa shape index (κ3) is 1.96. The number of hydrogen-bond donors (Lipinski definition) is 1. The predicted octanol–water partition coefficient (Wildman–Crippen LogP) is 2.34. The third-order valence-corrected chi connectivity index (χ3v) is 3.45. The molecule has 0 saturated carbocycles. The molecule has 2 rings (SSSR count). The van der Waals surface area contributed by atoms with Gasteiger partial charge >= 0.3 is 0 Å². The lowest BCUT2D eigenvalue weighted by Crippen LogP contribution is -2.26. The summed E-state index contributed by atoms with van der Waals surface area (Å²) in [6.07, 6.45) is 0. The molecule has 0 fully saturated rings. The number of carbonyl (C=O) groups is 1. The van der Waals surface area contributed by atoms with Crippen LogP contribution in [0.4, 0.5) is 5.82 Å². The lowest BCUT2D eigenvalue weighted by Gasteiger charge is -2.23. The maximum Gasteiger partial charge on any atom is 0.222 e. The second kappa shape index (κ2) is 3.80. The van der Waals surface area contributed by atoms with E-state index in [2.05, 4.69) is 31.2 Å². The first-order chi connectivity index (χ1) is 7.39. The van der Waals surface area contributed by atoms with Crippen LogP contribution in [-0.2, 0) is 21.8 Å². The van der Waals surface area contributed by atoms with Crippen molar-refractivity contribution in [1.29, 1.82) is 0 Å². The molecule has 0 aliphatic carbocycles. The van der Waals surface area contributed by atoms with Crippen molar-refractivity contribution in [2.24, 2.45) is 0 Å². The Labute approximate surface area is 99.8 Å². The van der Waals surface area contributed by atoms with Crippen molar-refractivity contribution < 1.29 is 4.79 Å². The van der Waals surface area contributed by atoms with Gasteiger partial charge in [0.15, 0.2) is 0 Å². The van der Waals surface area contributed by atoms with Gasteiger partial charge in [-0.3, -0.25) is 4.79 Å². The van der Waals surface area contributed by atoms with Gasteiger partial charge in [-0.1, -0.05) is 0 Å². The van der Waals surface area contributed by atoms with E-state index in [-0.39, 0.29) is 11.4 Å². The zero-order valence-electron chi connectivity index (χ0n) is 10.1. The SMILES string of the molecule is CC(=O)Nc1c2c(nn1C(C)(C)C)CSC2. The monoisotopic (exact) mass is 239 g/mol. The number of thioether (sulfide) groups is 1. The molecule has 0 bridgehead atoms. The van der Waals surface area contributed by atoms with Crippen LogP contribution in [0.3, 0.4) is 0 Å². The van der Waals surface area contributed by atoms with E-state index in [1.54, 1.807) is 0 Å². The lowest BCUT2D eigenvalue weighted by atomic mass is 10.1. The Balaban J connectivity index is 2.49. The van der Waals surface area contributed by atoms with Crippen LogP contribution in [0.25, 0.3) is 0 Å². The van der Waals surface area contributed by atoms with Gasteiger partial charge in [0.1, 0.15) is 5.82 Å². The smallest absolute Gasteiger partial charge is 0.222 e. The minimum atomic E-state index is -0.104. The van der Waals surface area contributed by atoms with Crippen LogP contribution >= 0.6 is 11.8 Å². The highest BCUT2D eigenvalue weighted by Gasteiger charge is 2.28. The average molecular weight is 239 g/mol. The van der Waals surface area contributed by atoms with Crippen molar-refractivity contribution in [2.75, 3.05) is 5.32 Å². The summed E-state index contributed by atoms with van der Waals surface area (Å²) < 4.78 is 1.93. The number of anilines is 1. The van der Waals surface area contributed by atoms with E-state index in [9.17, 15) is 4.79 Å². The molecule has 0 aromatic carbocycles. The summed E-state index contributed by atoms with van der Waals surface area (Å²) in [5, 5.41) is 7.50. The minimum Gasteiger partial charge on any atom is -0.311 e. The van der Waals surface area contributed by atoms with Crippen molar-refractivity contribution >= 4 is 23.5 Å². The molecule has 88 valence electrons. The Hall–Kier alpha value is -0.970. The van der Waals surface area contributed by atoms with E-state index in [1.807, 2.05) is 16.4 Å². The molecule has 0 radical (unpaired) electrons. The second-order valence-corrected chi connectivity index (χ2v) is 6.02. The first-order valence-corrected chi connectivity index (χ1v) is 6.51. The highest BCUT2D eigenvalue weighted by Crippen LogP contribution is 2.36. The fourth-order valence-electron chi connectivity index (χ4n) is 1.79. The van der Waals surface area contributed by atoms with Gasteiger partial charge < -0.3 is 5.32 Å². The molecule has 0 unspecified atom stereocenters. The van der Waals surface area contributed by atoms with E-state index < -0.39 is 0 Å². The molecule has 1 amide bonds. The van der Waals surface area contributed by atoms with Gasteiger partial charge in [0.2, 0.25) is 5.91 Å². The van der Waals surface area contributed by atoms with E-state index in [0.29, 0.717) is 0 Å². The zero-order chi connectivity index (χ0) is 11.9. The standard InChI is InChI=1S/C11H17N3OS/c1-7(15)12-10-8-5-16-6-9(8)13-14(10)11(2,3)4/h5-6H2,1-4H3,(H,12,15). The van der Waals surface area contributed by atoms with Crippen LogP contribution < -0.4 is 5.32 Å². The molecule has 0 saturated heterocycles. The summed E-state index contributed by atoms with van der Waals surface area (Å²) in [6.45, 7) is 7.81. The summed E-state index contributed by atoms with van der Waals surface area (Å²) in [4.78, 5) is 11.2. The summed E-state index contributed by atoms with van der Waals surface area (Å²) in [5.41, 5.74) is 2.20. The van der Waals surface area contributed by atoms with Crippen LogP contribution in [0, 0.1) is 0 Å². The van der Waals surface area contributed by atoms with Gasteiger partial charge in [-0.05, 0) is 20.8 Å². The largest absolute Gasteiger partial charge is 0.311 e. The van der Waals surface area contributed by atoms with E-state index in [4.69, 9.17) is 0 Å². The van der Waals surface area contributed by atoms with Crippen LogP contribution in [0.1, 0.15) is 39.0 Å². The number of carbonyl (C=O) groups excluding carboxylic acids is 1. The molecule has 5 heteroatoms. The molecule has 1 N–H and O–H groups in total. The van der Waals surface area contributed by atoms with E-state index >= 15 is 0 Å². The molecule has 0 spiro atoms. The Morgan fingerprint density at radius 1 is 1.44 bits per heavy atom. The number of rotatable bonds is 1. The summed E-state index contributed by atoms with van der Waals surface area (Å²) in [6, 6.07) is 0. The van der Waals surface area contributed by atoms with E-state index in [1.165, 1.54) is 12.5 Å². The number of nitrogens with one attached hydrogen (secondary N) is 1. The molecule has 4 nitrogen and oxygen atoms in total. The first-order valence-electron chi connectivity index (χ1n) is 5.36. The Morgan fingerprint density at radius 2 is 2.12 bits per heavy atom. The molecule has 1 aromatic heterocycles. The number of hydrogen-bond acceptors (Lipinski definition) is 3. The third-order valence-electron chi connectivity index (χ3n) is 2.48. The van der Waals surface area contributed by atoms with Crippen molar-refractivity contribution in [3.05, 3.63) is 11.3 Å². The van der Waals surface area contributed by atoms with E-state index in [0.717, 1.165) is 23.0 Å². The quantitative estimate of drug-likeness (QED) is 0.818. The number of aromatic nitrogens is 2. The second-order valence-electron chi connectivity index (χ2n) is 5.03. The maximum atomic E-state index is 11.2. The fraction of sp³-hybridized carbons (Fsp3) is 0.636. The Kier molecular flexibility index (Phi) is 2.74. The Bertz CT molecular complexity index is 431. The minimum absolute atomic E-state index is 0.0369. The van der Waals surface area contributed by atoms with Gasteiger partial charge in [-0.25, -0.2) is 4.68 Å². The number of amides is 1. The van der Waals surface area contributed by atoms with Gasteiger partial charge in [0, 0.05) is 24.0 Å². The normalized spacial score (nSPS) is 15.0. The van der Waals surface area contributed by atoms with Crippen molar-refractivity contribution in [3.63, 3.8) is 0 Å².